The molecule has 1 N–H and O–H groups in total. The molecule has 0 aromatic heterocycles. The van der Waals surface area contributed by atoms with E-state index >= 15 is 0 Å². The standard InChI is InChI=1S/C17H17Cl2NO3/c1-2-21-17-12(6-13(18)7-14(17)19)9-20-8-11-3-4-15-16(5-11)23-10-22-15/h3-7,20H,2,8-10H2,1H3. The Balaban J connectivity index is 1.66. The van der Waals surface area contributed by atoms with Gasteiger partial charge in [-0.05, 0) is 36.8 Å². The maximum Gasteiger partial charge on any atom is 0.231 e. The highest BCUT2D eigenvalue weighted by Gasteiger charge is 2.13. The molecule has 1 aliphatic rings. The van der Waals surface area contributed by atoms with Gasteiger partial charge in [0.05, 0.1) is 11.6 Å². The molecule has 0 bridgehead atoms. The monoisotopic (exact) mass is 353 g/mol. The Hall–Kier alpha value is -1.62. The molecule has 0 saturated carbocycles. The van der Waals surface area contributed by atoms with E-state index in [4.69, 9.17) is 37.4 Å². The molecule has 0 amide bonds. The second-order valence-electron chi connectivity index (χ2n) is 5.10. The lowest BCUT2D eigenvalue weighted by Crippen LogP contribution is -2.14. The molecule has 0 atom stereocenters. The third-order valence-corrected chi connectivity index (χ3v) is 3.95. The van der Waals surface area contributed by atoms with Crippen LogP contribution in [0.2, 0.25) is 10.0 Å². The summed E-state index contributed by atoms with van der Waals surface area (Å²) in [7, 11) is 0. The first-order chi connectivity index (χ1) is 11.2. The summed E-state index contributed by atoms with van der Waals surface area (Å²) in [5, 5.41) is 4.49. The number of halogens is 2. The van der Waals surface area contributed by atoms with E-state index in [9.17, 15) is 0 Å². The van der Waals surface area contributed by atoms with Crippen LogP contribution in [0.4, 0.5) is 0 Å². The molecular formula is C17H17Cl2NO3. The number of hydrogen-bond acceptors (Lipinski definition) is 4. The van der Waals surface area contributed by atoms with E-state index < -0.39 is 0 Å². The Morgan fingerprint density at radius 3 is 2.74 bits per heavy atom. The zero-order valence-electron chi connectivity index (χ0n) is 12.7. The summed E-state index contributed by atoms with van der Waals surface area (Å²) < 4.78 is 16.3. The third-order valence-electron chi connectivity index (χ3n) is 3.46. The van der Waals surface area contributed by atoms with Gasteiger partial charge in [0, 0.05) is 23.7 Å². The zero-order chi connectivity index (χ0) is 16.2. The van der Waals surface area contributed by atoms with Gasteiger partial charge < -0.3 is 19.5 Å². The predicted molar refractivity (Wildman–Crippen MR) is 90.7 cm³/mol. The van der Waals surface area contributed by atoms with Crippen molar-refractivity contribution in [3.05, 3.63) is 51.5 Å². The van der Waals surface area contributed by atoms with Crippen molar-refractivity contribution < 1.29 is 14.2 Å². The second kappa shape index (κ2) is 7.30. The molecule has 1 aliphatic heterocycles. The molecule has 1 heterocycles. The molecule has 6 heteroatoms. The van der Waals surface area contributed by atoms with Gasteiger partial charge in [-0.15, -0.1) is 0 Å². The van der Waals surface area contributed by atoms with Crippen molar-refractivity contribution in [1.29, 1.82) is 0 Å². The van der Waals surface area contributed by atoms with Crippen LogP contribution in [0.5, 0.6) is 17.2 Å². The van der Waals surface area contributed by atoms with Crippen LogP contribution in [0, 0.1) is 0 Å². The highest BCUT2D eigenvalue weighted by Crippen LogP contribution is 2.33. The van der Waals surface area contributed by atoms with E-state index in [2.05, 4.69) is 5.32 Å². The summed E-state index contributed by atoms with van der Waals surface area (Å²) in [6, 6.07) is 9.46. The molecule has 0 aliphatic carbocycles. The van der Waals surface area contributed by atoms with Gasteiger partial charge in [-0.3, -0.25) is 0 Å². The summed E-state index contributed by atoms with van der Waals surface area (Å²) in [5.74, 6) is 2.25. The van der Waals surface area contributed by atoms with Crippen molar-refractivity contribution in [2.75, 3.05) is 13.4 Å². The van der Waals surface area contributed by atoms with Gasteiger partial charge in [0.1, 0.15) is 5.75 Å². The number of rotatable bonds is 6. The summed E-state index contributed by atoms with van der Waals surface area (Å²) in [6.07, 6.45) is 0. The van der Waals surface area contributed by atoms with Crippen molar-refractivity contribution in [1.82, 2.24) is 5.32 Å². The Morgan fingerprint density at radius 2 is 1.91 bits per heavy atom. The fraction of sp³-hybridized carbons (Fsp3) is 0.294. The van der Waals surface area contributed by atoms with Crippen molar-refractivity contribution in [3.63, 3.8) is 0 Å². The average molecular weight is 354 g/mol. The largest absolute Gasteiger partial charge is 0.492 e. The van der Waals surface area contributed by atoms with Crippen molar-refractivity contribution >= 4 is 23.2 Å². The van der Waals surface area contributed by atoms with Crippen LogP contribution in [0.1, 0.15) is 18.1 Å². The van der Waals surface area contributed by atoms with E-state index in [1.54, 1.807) is 6.07 Å². The number of ether oxygens (including phenoxy) is 3. The lowest BCUT2D eigenvalue weighted by atomic mass is 10.1. The predicted octanol–water partition coefficient (Wildman–Crippen LogP) is 4.41. The van der Waals surface area contributed by atoms with Crippen LogP contribution in [0.3, 0.4) is 0 Å². The molecule has 0 fully saturated rings. The molecule has 0 radical (unpaired) electrons. The fourth-order valence-corrected chi connectivity index (χ4v) is 3.03. The highest BCUT2D eigenvalue weighted by atomic mass is 35.5. The number of nitrogens with one attached hydrogen (secondary N) is 1. The van der Waals surface area contributed by atoms with Gasteiger partial charge in [0.25, 0.3) is 0 Å². The molecule has 2 aromatic rings. The normalized spacial score (nSPS) is 12.5. The van der Waals surface area contributed by atoms with Gasteiger partial charge in [-0.25, -0.2) is 0 Å². The van der Waals surface area contributed by atoms with Gasteiger partial charge in [0.15, 0.2) is 11.5 Å². The van der Waals surface area contributed by atoms with E-state index in [1.165, 1.54) is 0 Å². The molecule has 122 valence electrons. The molecule has 4 nitrogen and oxygen atoms in total. The van der Waals surface area contributed by atoms with Gasteiger partial charge >= 0.3 is 0 Å². The minimum Gasteiger partial charge on any atom is -0.492 e. The van der Waals surface area contributed by atoms with E-state index in [-0.39, 0.29) is 6.79 Å². The lowest BCUT2D eigenvalue weighted by Gasteiger charge is -2.13. The smallest absolute Gasteiger partial charge is 0.231 e. The second-order valence-corrected chi connectivity index (χ2v) is 5.94. The Labute approximate surface area is 145 Å². The minimum absolute atomic E-state index is 0.283. The quantitative estimate of drug-likeness (QED) is 0.834. The molecule has 3 rings (SSSR count). The summed E-state index contributed by atoms with van der Waals surface area (Å²) in [5.41, 5.74) is 2.05. The van der Waals surface area contributed by atoms with Gasteiger partial charge in [-0.1, -0.05) is 29.3 Å². The number of fused-ring (bicyclic) bond motifs is 1. The first kappa shape index (κ1) is 16.2. The van der Waals surface area contributed by atoms with Gasteiger partial charge in [0.2, 0.25) is 6.79 Å². The van der Waals surface area contributed by atoms with E-state index in [1.807, 2.05) is 31.2 Å². The molecule has 0 saturated heterocycles. The van der Waals surface area contributed by atoms with Crippen LogP contribution in [-0.4, -0.2) is 13.4 Å². The topological polar surface area (TPSA) is 39.7 Å². The Kier molecular flexibility index (Phi) is 5.16. The maximum atomic E-state index is 6.21. The maximum absolute atomic E-state index is 6.21. The Morgan fingerprint density at radius 1 is 1.09 bits per heavy atom. The minimum atomic E-state index is 0.283. The van der Waals surface area contributed by atoms with Crippen molar-refractivity contribution in [3.8, 4) is 17.2 Å². The van der Waals surface area contributed by atoms with Crippen LogP contribution in [-0.2, 0) is 13.1 Å². The lowest BCUT2D eigenvalue weighted by molar-refractivity contribution is 0.174. The van der Waals surface area contributed by atoms with E-state index in [0.717, 1.165) is 22.6 Å². The number of hydrogen-bond donors (Lipinski definition) is 1. The summed E-state index contributed by atoms with van der Waals surface area (Å²) >= 11 is 12.3. The molecule has 23 heavy (non-hydrogen) atoms. The summed E-state index contributed by atoms with van der Waals surface area (Å²) in [6.45, 7) is 4.05. The summed E-state index contributed by atoms with van der Waals surface area (Å²) in [4.78, 5) is 0. The van der Waals surface area contributed by atoms with Crippen LogP contribution in [0.15, 0.2) is 30.3 Å². The molecule has 0 unspecified atom stereocenters. The van der Waals surface area contributed by atoms with E-state index in [0.29, 0.717) is 35.5 Å². The van der Waals surface area contributed by atoms with Crippen molar-refractivity contribution in [2.45, 2.75) is 20.0 Å². The highest BCUT2D eigenvalue weighted by molar-refractivity contribution is 6.35. The first-order valence-electron chi connectivity index (χ1n) is 7.37. The van der Waals surface area contributed by atoms with Crippen LogP contribution >= 0.6 is 23.2 Å². The fourth-order valence-electron chi connectivity index (χ4n) is 2.44. The third kappa shape index (κ3) is 3.83. The first-order valence-corrected chi connectivity index (χ1v) is 8.13. The van der Waals surface area contributed by atoms with Crippen LogP contribution < -0.4 is 19.5 Å². The zero-order valence-corrected chi connectivity index (χ0v) is 14.2. The molecule has 2 aromatic carbocycles. The van der Waals surface area contributed by atoms with Gasteiger partial charge in [-0.2, -0.15) is 0 Å². The van der Waals surface area contributed by atoms with Crippen LogP contribution in [0.25, 0.3) is 0 Å². The molecular weight excluding hydrogens is 337 g/mol. The SMILES string of the molecule is CCOc1c(Cl)cc(Cl)cc1CNCc1ccc2c(c1)OCO2. The Bertz CT molecular complexity index is 706. The average Bonchev–Trinajstić information content (AvgIpc) is 2.98. The number of benzene rings is 2. The molecule has 0 spiro atoms. The van der Waals surface area contributed by atoms with Crippen molar-refractivity contribution in [2.24, 2.45) is 0 Å².